The van der Waals surface area contributed by atoms with Gasteiger partial charge in [0, 0.05) is 11.0 Å². The zero-order valence-electron chi connectivity index (χ0n) is 9.86. The quantitative estimate of drug-likeness (QED) is 0.797. The molecular weight excluding hydrogens is 370 g/mol. The minimum atomic E-state index is -4.76. The number of sulfonamides is 1. The second kappa shape index (κ2) is 6.37. The second-order valence-corrected chi connectivity index (χ2v) is 6.51. The number of halogens is 5. The Labute approximate surface area is 121 Å². The molecule has 0 atom stereocenters. The van der Waals surface area contributed by atoms with Gasteiger partial charge in [0.25, 0.3) is 0 Å². The third kappa shape index (κ3) is 4.40. The van der Waals surface area contributed by atoms with Crippen LogP contribution in [0.25, 0.3) is 0 Å². The number of hydrogen-bond donors (Lipinski definition) is 1. The Morgan fingerprint density at radius 3 is 2.35 bits per heavy atom. The number of aliphatic hydroxyl groups excluding tert-OH is 1. The largest absolute Gasteiger partial charge is 0.402 e. The van der Waals surface area contributed by atoms with Crippen LogP contribution in [0.2, 0.25) is 0 Å². The molecule has 0 bridgehead atoms. The first kappa shape index (κ1) is 17.3. The molecule has 0 aliphatic heterocycles. The van der Waals surface area contributed by atoms with Crippen molar-refractivity contribution in [2.24, 2.45) is 0 Å². The van der Waals surface area contributed by atoms with E-state index in [1.165, 1.54) is 0 Å². The van der Waals surface area contributed by atoms with Crippen molar-refractivity contribution in [3.8, 4) is 0 Å². The van der Waals surface area contributed by atoms with Gasteiger partial charge in [-0.15, -0.1) is 0 Å². The van der Waals surface area contributed by atoms with Gasteiger partial charge in [0.15, 0.2) is 0 Å². The maximum Gasteiger partial charge on any atom is 0.402 e. The van der Waals surface area contributed by atoms with Crippen molar-refractivity contribution >= 4 is 26.0 Å². The maximum atomic E-state index is 12.9. The van der Waals surface area contributed by atoms with E-state index in [0.717, 1.165) is 18.2 Å². The van der Waals surface area contributed by atoms with E-state index in [0.29, 0.717) is 0 Å². The van der Waals surface area contributed by atoms with Gasteiger partial charge in [0.1, 0.15) is 12.4 Å². The Hall–Kier alpha value is -0.710. The minimum Gasteiger partial charge on any atom is -0.395 e. The molecular formula is C10H10BrF4NO3S. The van der Waals surface area contributed by atoms with Gasteiger partial charge in [-0.25, -0.2) is 12.8 Å². The number of nitrogens with zero attached hydrogens (tertiary/aromatic N) is 1. The third-order valence-electron chi connectivity index (χ3n) is 2.22. The number of hydrogen-bond acceptors (Lipinski definition) is 3. The van der Waals surface area contributed by atoms with E-state index in [9.17, 15) is 26.0 Å². The highest BCUT2D eigenvalue weighted by molar-refractivity contribution is 9.10. The zero-order valence-corrected chi connectivity index (χ0v) is 12.3. The topological polar surface area (TPSA) is 57.6 Å². The molecule has 0 saturated heterocycles. The molecule has 114 valence electrons. The number of aliphatic hydroxyl groups is 1. The van der Waals surface area contributed by atoms with Crippen molar-refractivity contribution in [3.05, 3.63) is 28.5 Å². The molecule has 0 radical (unpaired) electrons. The highest BCUT2D eigenvalue weighted by Crippen LogP contribution is 2.28. The van der Waals surface area contributed by atoms with E-state index in [-0.39, 0.29) is 8.78 Å². The molecule has 1 aromatic carbocycles. The summed E-state index contributed by atoms with van der Waals surface area (Å²) in [7, 11) is -4.50. The average Bonchev–Trinajstić information content (AvgIpc) is 2.26. The monoisotopic (exact) mass is 379 g/mol. The number of alkyl halides is 3. The first-order chi connectivity index (χ1) is 9.08. The predicted molar refractivity (Wildman–Crippen MR) is 66.0 cm³/mol. The standard InChI is InChI=1S/C10H10BrF4NO3S/c11-8-5-7(12)1-2-9(8)20(18,19)16(3-4-17)6-10(13,14)15/h1-2,5,17H,3-4,6H2. The number of rotatable bonds is 5. The molecule has 10 heteroatoms. The van der Waals surface area contributed by atoms with E-state index >= 15 is 0 Å². The van der Waals surface area contributed by atoms with Crippen LogP contribution in [0.5, 0.6) is 0 Å². The molecule has 1 aromatic rings. The summed E-state index contributed by atoms with van der Waals surface area (Å²) in [5.74, 6) is -0.736. The molecule has 1 N–H and O–H groups in total. The van der Waals surface area contributed by atoms with Gasteiger partial charge in [-0.05, 0) is 34.1 Å². The molecule has 0 spiro atoms. The van der Waals surface area contributed by atoms with Crippen molar-refractivity contribution in [3.63, 3.8) is 0 Å². The fraction of sp³-hybridized carbons (Fsp3) is 0.400. The van der Waals surface area contributed by atoms with Crippen molar-refractivity contribution in [2.75, 3.05) is 19.7 Å². The molecule has 1 rings (SSSR count). The fourth-order valence-electron chi connectivity index (χ4n) is 1.42. The van der Waals surface area contributed by atoms with E-state index in [1.807, 2.05) is 0 Å². The molecule has 0 amide bonds. The van der Waals surface area contributed by atoms with Crippen LogP contribution in [0.4, 0.5) is 17.6 Å². The zero-order chi connectivity index (χ0) is 15.6. The van der Waals surface area contributed by atoms with Gasteiger partial charge in [-0.3, -0.25) is 0 Å². The minimum absolute atomic E-state index is 0.0883. The summed E-state index contributed by atoms with van der Waals surface area (Å²) in [6.45, 7) is -3.22. The van der Waals surface area contributed by atoms with Crippen molar-refractivity contribution < 1.29 is 31.1 Å². The summed E-state index contributed by atoms with van der Waals surface area (Å²) in [6, 6.07) is 2.51. The van der Waals surface area contributed by atoms with E-state index in [4.69, 9.17) is 5.11 Å². The Bertz CT molecular complexity index is 576. The van der Waals surface area contributed by atoms with Crippen molar-refractivity contribution in [1.29, 1.82) is 0 Å². The van der Waals surface area contributed by atoms with Crippen LogP contribution in [0.3, 0.4) is 0 Å². The normalized spacial score (nSPS) is 12.9. The van der Waals surface area contributed by atoms with Gasteiger partial charge in [0.2, 0.25) is 10.0 Å². The van der Waals surface area contributed by atoms with Gasteiger partial charge in [-0.2, -0.15) is 17.5 Å². The molecule has 0 aliphatic rings. The summed E-state index contributed by atoms with van der Waals surface area (Å²) in [4.78, 5) is -0.503. The van der Waals surface area contributed by atoms with Crippen LogP contribution in [-0.2, 0) is 10.0 Å². The Morgan fingerprint density at radius 1 is 1.30 bits per heavy atom. The lowest BCUT2D eigenvalue weighted by molar-refractivity contribution is -0.136. The smallest absolute Gasteiger partial charge is 0.395 e. The summed E-state index contributed by atoms with van der Waals surface area (Å²) in [5, 5.41) is 8.71. The molecule has 4 nitrogen and oxygen atoms in total. The van der Waals surface area contributed by atoms with E-state index < -0.39 is 46.6 Å². The van der Waals surface area contributed by atoms with E-state index in [2.05, 4.69) is 15.9 Å². The van der Waals surface area contributed by atoms with Crippen molar-refractivity contribution in [2.45, 2.75) is 11.1 Å². The number of benzene rings is 1. The highest BCUT2D eigenvalue weighted by atomic mass is 79.9. The van der Waals surface area contributed by atoms with E-state index in [1.54, 1.807) is 0 Å². The van der Waals surface area contributed by atoms with Gasteiger partial charge in [0.05, 0.1) is 11.5 Å². The lowest BCUT2D eigenvalue weighted by Crippen LogP contribution is -2.40. The fourth-order valence-corrected chi connectivity index (χ4v) is 3.85. The Balaban J connectivity index is 3.22. The molecule has 0 fully saturated rings. The van der Waals surface area contributed by atoms with Crippen LogP contribution >= 0.6 is 15.9 Å². The molecule has 0 unspecified atom stereocenters. The van der Waals surface area contributed by atoms with Gasteiger partial charge >= 0.3 is 6.18 Å². The second-order valence-electron chi connectivity index (χ2n) is 3.75. The maximum absolute atomic E-state index is 12.9. The van der Waals surface area contributed by atoms with Crippen LogP contribution < -0.4 is 0 Å². The molecule has 0 aromatic heterocycles. The third-order valence-corrected chi connectivity index (χ3v) is 5.04. The lowest BCUT2D eigenvalue weighted by Gasteiger charge is -2.23. The summed E-state index contributed by atoms with van der Waals surface area (Å²) >= 11 is 2.79. The van der Waals surface area contributed by atoms with Crippen LogP contribution in [0.15, 0.2) is 27.6 Å². The average molecular weight is 380 g/mol. The summed E-state index contributed by atoms with van der Waals surface area (Å²) in [5.41, 5.74) is 0. The predicted octanol–water partition coefficient (Wildman–Crippen LogP) is 2.13. The highest BCUT2D eigenvalue weighted by Gasteiger charge is 2.37. The summed E-state index contributed by atoms with van der Waals surface area (Å²) in [6.07, 6.45) is -4.76. The SMILES string of the molecule is O=S(=O)(c1ccc(F)cc1Br)N(CCO)CC(F)(F)F. The molecule has 0 heterocycles. The molecule has 0 aliphatic carbocycles. The van der Waals surface area contributed by atoms with Gasteiger partial charge < -0.3 is 5.11 Å². The van der Waals surface area contributed by atoms with Gasteiger partial charge in [-0.1, -0.05) is 0 Å². The van der Waals surface area contributed by atoms with Crippen molar-refractivity contribution in [1.82, 2.24) is 4.31 Å². The Kier molecular flexibility index (Phi) is 5.53. The first-order valence-corrected chi connectivity index (χ1v) is 7.44. The first-order valence-electron chi connectivity index (χ1n) is 5.21. The summed E-state index contributed by atoms with van der Waals surface area (Å²) < 4.78 is 74.1. The van der Waals surface area contributed by atoms with Crippen LogP contribution in [0.1, 0.15) is 0 Å². The molecule has 0 saturated carbocycles. The lowest BCUT2D eigenvalue weighted by atomic mass is 10.3. The van der Waals surface area contributed by atoms with Crippen LogP contribution in [-0.4, -0.2) is 43.7 Å². The Morgan fingerprint density at radius 2 is 1.90 bits per heavy atom. The van der Waals surface area contributed by atoms with Crippen LogP contribution in [0, 0.1) is 5.82 Å². The molecule has 20 heavy (non-hydrogen) atoms.